The molecule has 1 aliphatic heterocycles. The highest BCUT2D eigenvalue weighted by molar-refractivity contribution is 7.07. The highest BCUT2D eigenvalue weighted by atomic mass is 35.5. The maximum absolute atomic E-state index is 13.7. The second-order valence-electron chi connectivity index (χ2n) is 7.55. The lowest BCUT2D eigenvalue weighted by Crippen LogP contribution is -2.40. The van der Waals surface area contributed by atoms with Gasteiger partial charge in [-0.15, -0.1) is 0 Å². The molecule has 2 heterocycles. The maximum atomic E-state index is 13.7. The van der Waals surface area contributed by atoms with E-state index in [2.05, 4.69) is 4.99 Å². The smallest absolute Gasteiger partial charge is 0.338 e. The van der Waals surface area contributed by atoms with E-state index in [0.29, 0.717) is 47.7 Å². The van der Waals surface area contributed by atoms with Crippen LogP contribution in [0.25, 0.3) is 6.08 Å². The molecule has 3 aromatic rings. The van der Waals surface area contributed by atoms with Crippen LogP contribution in [0, 0.1) is 0 Å². The Hall–Kier alpha value is -3.07. The summed E-state index contributed by atoms with van der Waals surface area (Å²) in [5.74, 6) is 0.445. The summed E-state index contributed by atoms with van der Waals surface area (Å²) >= 11 is 13.8. The summed E-state index contributed by atoms with van der Waals surface area (Å²) < 4.78 is 18.0. The molecule has 35 heavy (non-hydrogen) atoms. The molecule has 0 N–H and O–H groups in total. The first-order valence-electron chi connectivity index (χ1n) is 10.7. The fourth-order valence-corrected chi connectivity index (χ4v) is 5.44. The molecule has 0 radical (unpaired) electrons. The minimum Gasteiger partial charge on any atom is -0.493 e. The average Bonchev–Trinajstić information content (AvgIpc) is 3.14. The zero-order valence-electron chi connectivity index (χ0n) is 19.4. The van der Waals surface area contributed by atoms with E-state index in [9.17, 15) is 9.59 Å². The number of halogens is 2. The molecule has 0 fully saturated rings. The molecule has 1 atom stereocenters. The molecular formula is C25H22Cl2N2O5S. The number of fused-ring (bicyclic) bond motifs is 1. The van der Waals surface area contributed by atoms with Crippen molar-refractivity contribution >= 4 is 46.6 Å². The minimum atomic E-state index is -0.783. The second-order valence-corrected chi connectivity index (χ2v) is 9.38. The number of methoxy groups -OCH3 is 2. The van der Waals surface area contributed by atoms with Gasteiger partial charge in [-0.05, 0) is 49.8 Å². The number of esters is 1. The molecule has 2 aromatic carbocycles. The van der Waals surface area contributed by atoms with Gasteiger partial charge in [-0.2, -0.15) is 0 Å². The summed E-state index contributed by atoms with van der Waals surface area (Å²) in [7, 11) is 3.06. The first-order valence-corrected chi connectivity index (χ1v) is 12.2. The van der Waals surface area contributed by atoms with Crippen molar-refractivity contribution < 1.29 is 19.0 Å². The van der Waals surface area contributed by atoms with Crippen LogP contribution in [0.3, 0.4) is 0 Å². The van der Waals surface area contributed by atoms with Crippen LogP contribution in [0.15, 0.2) is 57.5 Å². The fourth-order valence-electron chi connectivity index (χ4n) is 3.91. The number of carbonyl (C=O) groups excluding carboxylic acids is 1. The number of carbonyl (C=O) groups is 1. The second kappa shape index (κ2) is 10.3. The quantitative estimate of drug-likeness (QED) is 0.446. The molecule has 7 nitrogen and oxygen atoms in total. The predicted octanol–water partition coefficient (Wildman–Crippen LogP) is 4.12. The van der Waals surface area contributed by atoms with Gasteiger partial charge in [0.1, 0.15) is 0 Å². The Kier molecular flexibility index (Phi) is 7.35. The number of hydrogen-bond donors (Lipinski definition) is 0. The molecule has 0 amide bonds. The van der Waals surface area contributed by atoms with E-state index in [1.807, 2.05) is 0 Å². The lowest BCUT2D eigenvalue weighted by Gasteiger charge is -2.25. The zero-order chi connectivity index (χ0) is 25.3. The molecular weight excluding hydrogens is 511 g/mol. The number of hydrogen-bond acceptors (Lipinski definition) is 7. The summed E-state index contributed by atoms with van der Waals surface area (Å²) in [5.41, 5.74) is 1.58. The van der Waals surface area contributed by atoms with Crippen LogP contribution in [0.5, 0.6) is 11.5 Å². The van der Waals surface area contributed by atoms with Gasteiger partial charge in [0.25, 0.3) is 5.56 Å². The molecule has 1 aliphatic rings. The lowest BCUT2D eigenvalue weighted by atomic mass is 9.95. The third-order valence-electron chi connectivity index (χ3n) is 5.52. The van der Waals surface area contributed by atoms with Crippen LogP contribution in [-0.4, -0.2) is 31.4 Å². The monoisotopic (exact) mass is 532 g/mol. The Bertz CT molecular complexity index is 1500. The van der Waals surface area contributed by atoms with Crippen molar-refractivity contribution in [3.63, 3.8) is 0 Å². The molecule has 0 bridgehead atoms. The van der Waals surface area contributed by atoms with Crippen LogP contribution >= 0.6 is 34.5 Å². The van der Waals surface area contributed by atoms with Gasteiger partial charge in [0.15, 0.2) is 16.3 Å². The van der Waals surface area contributed by atoms with Gasteiger partial charge in [0.05, 0.1) is 42.7 Å². The molecule has 0 saturated carbocycles. The first kappa shape index (κ1) is 25.0. The number of ether oxygens (including phenoxy) is 3. The number of benzene rings is 2. The molecule has 0 saturated heterocycles. The van der Waals surface area contributed by atoms with Gasteiger partial charge in [0, 0.05) is 15.6 Å². The Morgan fingerprint density at radius 3 is 2.46 bits per heavy atom. The van der Waals surface area contributed by atoms with E-state index >= 15 is 0 Å². The maximum Gasteiger partial charge on any atom is 0.338 e. The Balaban J connectivity index is 2.00. The topological polar surface area (TPSA) is 79.1 Å². The third-order valence-corrected chi connectivity index (χ3v) is 7.16. The fraction of sp³-hybridized carbons (Fsp3) is 0.240. The number of allylic oxidation sites excluding steroid dienone is 1. The van der Waals surface area contributed by atoms with Crippen molar-refractivity contribution in [2.75, 3.05) is 20.8 Å². The van der Waals surface area contributed by atoms with Gasteiger partial charge >= 0.3 is 5.97 Å². The Morgan fingerprint density at radius 2 is 1.83 bits per heavy atom. The van der Waals surface area contributed by atoms with Crippen molar-refractivity contribution in [1.82, 2.24) is 4.57 Å². The molecule has 1 unspecified atom stereocenters. The van der Waals surface area contributed by atoms with Gasteiger partial charge in [-0.3, -0.25) is 9.36 Å². The molecule has 182 valence electrons. The Labute approximate surface area is 215 Å². The number of thiazole rings is 1. The molecule has 4 rings (SSSR count). The van der Waals surface area contributed by atoms with Gasteiger partial charge in [-0.1, -0.05) is 46.7 Å². The minimum absolute atomic E-state index is 0.184. The predicted molar refractivity (Wildman–Crippen MR) is 136 cm³/mol. The van der Waals surface area contributed by atoms with Gasteiger partial charge in [0.2, 0.25) is 0 Å². The Morgan fingerprint density at radius 1 is 1.14 bits per heavy atom. The highest BCUT2D eigenvalue weighted by Gasteiger charge is 2.34. The van der Waals surface area contributed by atoms with Crippen molar-refractivity contribution in [1.29, 1.82) is 0 Å². The van der Waals surface area contributed by atoms with Crippen LogP contribution in [0.1, 0.15) is 31.0 Å². The van der Waals surface area contributed by atoms with Crippen molar-refractivity contribution in [3.8, 4) is 11.5 Å². The number of aromatic nitrogens is 1. The van der Waals surface area contributed by atoms with Crippen LogP contribution < -0.4 is 24.4 Å². The molecule has 0 spiro atoms. The standard InChI is InChI=1S/C25H22Cl2N2O5S/c1-5-34-24(31)21-13(2)28-25-29(22(21)14-9-10-18(32-3)19(11-14)33-4)23(30)20(35-25)12-15-16(26)7-6-8-17(15)27/h6-12,22H,5H2,1-4H3/b20-12-. The summed E-state index contributed by atoms with van der Waals surface area (Å²) in [4.78, 5) is 31.7. The third kappa shape index (κ3) is 4.61. The largest absolute Gasteiger partial charge is 0.493 e. The molecule has 1 aromatic heterocycles. The highest BCUT2D eigenvalue weighted by Crippen LogP contribution is 2.36. The van der Waals surface area contributed by atoms with E-state index in [4.69, 9.17) is 37.4 Å². The van der Waals surface area contributed by atoms with Crippen LogP contribution in [0.2, 0.25) is 10.0 Å². The zero-order valence-corrected chi connectivity index (χ0v) is 21.8. The molecule has 10 heteroatoms. The van der Waals surface area contributed by atoms with E-state index in [1.54, 1.807) is 56.3 Å². The van der Waals surface area contributed by atoms with Crippen LogP contribution in [0.4, 0.5) is 0 Å². The summed E-state index contributed by atoms with van der Waals surface area (Å²) in [6, 6.07) is 9.60. The summed E-state index contributed by atoms with van der Waals surface area (Å²) in [6.07, 6.45) is 1.64. The van der Waals surface area contributed by atoms with Crippen LogP contribution in [-0.2, 0) is 9.53 Å². The molecule has 0 aliphatic carbocycles. The van der Waals surface area contributed by atoms with E-state index in [-0.39, 0.29) is 17.7 Å². The number of nitrogens with zero attached hydrogens (tertiary/aromatic N) is 2. The van der Waals surface area contributed by atoms with Crippen molar-refractivity contribution in [2.24, 2.45) is 4.99 Å². The van der Waals surface area contributed by atoms with Crippen molar-refractivity contribution in [2.45, 2.75) is 19.9 Å². The van der Waals surface area contributed by atoms with E-state index < -0.39 is 12.0 Å². The van der Waals surface area contributed by atoms with E-state index in [0.717, 1.165) is 0 Å². The van der Waals surface area contributed by atoms with E-state index in [1.165, 1.54) is 30.1 Å². The SMILES string of the molecule is CCOC(=O)C1=C(C)N=c2s/c(=C\c3c(Cl)cccc3Cl)c(=O)n2C1c1ccc(OC)c(OC)c1. The van der Waals surface area contributed by atoms with Gasteiger partial charge in [-0.25, -0.2) is 9.79 Å². The van der Waals surface area contributed by atoms with Gasteiger partial charge < -0.3 is 14.2 Å². The number of rotatable bonds is 6. The first-order chi connectivity index (χ1) is 16.8. The normalized spacial score (nSPS) is 15.5. The average molecular weight is 533 g/mol. The summed E-state index contributed by atoms with van der Waals surface area (Å²) in [5, 5.41) is 0.839. The van der Waals surface area contributed by atoms with Crippen molar-refractivity contribution in [3.05, 3.63) is 88.5 Å². The summed E-state index contributed by atoms with van der Waals surface area (Å²) in [6.45, 7) is 3.63. The lowest BCUT2D eigenvalue weighted by molar-refractivity contribution is -0.139.